The van der Waals surface area contributed by atoms with Gasteiger partial charge in [-0.1, -0.05) is 85.4 Å². The molecule has 7 aromatic rings. The number of hydrogen-bond donors (Lipinski definition) is 0. The van der Waals surface area contributed by atoms with Crippen LogP contribution in [0.5, 0.6) is 5.75 Å². The molecule has 1 aliphatic heterocycles. The van der Waals surface area contributed by atoms with Gasteiger partial charge in [-0.2, -0.15) is 0 Å². The maximum absolute atomic E-state index is 6.11. The molecular formula is C37H26N2O. The Balaban J connectivity index is 1.53. The third-order valence-electron chi connectivity index (χ3n) is 7.92. The first-order chi connectivity index (χ1) is 19.8. The third-order valence-corrected chi connectivity index (χ3v) is 7.92. The molecule has 5 aromatic carbocycles. The van der Waals surface area contributed by atoms with E-state index < -0.39 is 0 Å². The van der Waals surface area contributed by atoms with Crippen molar-refractivity contribution in [3.8, 4) is 11.4 Å². The average molecular weight is 515 g/mol. The van der Waals surface area contributed by atoms with E-state index in [1.165, 1.54) is 43.6 Å². The molecule has 190 valence electrons. The molecule has 0 saturated carbocycles. The quantitative estimate of drug-likeness (QED) is 0.225. The summed E-state index contributed by atoms with van der Waals surface area (Å²) in [6, 6.07) is 40.7. The van der Waals surface area contributed by atoms with E-state index in [2.05, 4.69) is 131 Å². The minimum atomic E-state index is 0.488. The molecule has 0 unspecified atom stereocenters. The number of benzene rings is 5. The van der Waals surface area contributed by atoms with Gasteiger partial charge in [0.15, 0.2) is 0 Å². The maximum atomic E-state index is 6.11. The van der Waals surface area contributed by atoms with Crippen LogP contribution in [-0.2, 0) is 0 Å². The van der Waals surface area contributed by atoms with Crippen LogP contribution in [0.2, 0.25) is 0 Å². The van der Waals surface area contributed by atoms with Crippen molar-refractivity contribution in [3.05, 3.63) is 146 Å². The van der Waals surface area contributed by atoms with Crippen molar-refractivity contribution in [1.29, 1.82) is 0 Å². The first-order valence-electron chi connectivity index (χ1n) is 13.6. The predicted octanol–water partition coefficient (Wildman–Crippen LogP) is 9.39. The smallest absolute Gasteiger partial charge is 0.127 e. The van der Waals surface area contributed by atoms with E-state index >= 15 is 0 Å². The highest BCUT2D eigenvalue weighted by molar-refractivity contribution is 6.26. The van der Waals surface area contributed by atoms with E-state index in [1.807, 2.05) is 18.2 Å². The summed E-state index contributed by atoms with van der Waals surface area (Å²) in [6.45, 7) is 4.96. The molecule has 1 aliphatic rings. The van der Waals surface area contributed by atoms with Gasteiger partial charge in [-0.15, -0.1) is 0 Å². The van der Waals surface area contributed by atoms with Gasteiger partial charge in [0.05, 0.1) is 22.1 Å². The van der Waals surface area contributed by atoms with E-state index in [4.69, 9.17) is 4.74 Å². The van der Waals surface area contributed by atoms with E-state index in [-0.39, 0.29) is 0 Å². The molecule has 3 nitrogen and oxygen atoms in total. The molecule has 3 heterocycles. The van der Waals surface area contributed by atoms with Gasteiger partial charge in [-0.25, -0.2) is 0 Å². The highest BCUT2D eigenvalue weighted by Gasteiger charge is 2.21. The Bertz CT molecular complexity index is 2170. The van der Waals surface area contributed by atoms with Crippen LogP contribution in [0.25, 0.3) is 60.6 Å². The van der Waals surface area contributed by atoms with Gasteiger partial charge in [0.1, 0.15) is 12.4 Å². The number of nitrogens with zero attached hydrogens (tertiary/aromatic N) is 2. The average Bonchev–Trinajstić information content (AvgIpc) is 3.54. The lowest BCUT2D eigenvalue weighted by molar-refractivity contribution is 0.362. The molecule has 0 radical (unpaired) electrons. The highest BCUT2D eigenvalue weighted by atomic mass is 16.5. The van der Waals surface area contributed by atoms with Gasteiger partial charge in [0, 0.05) is 38.5 Å². The highest BCUT2D eigenvalue weighted by Crippen LogP contribution is 2.42. The monoisotopic (exact) mass is 514 g/mol. The fourth-order valence-electron chi connectivity index (χ4n) is 6.24. The summed E-state index contributed by atoms with van der Waals surface area (Å²) in [5.41, 5.74) is 8.88. The number of allylic oxidation sites excluding steroid dienone is 4. The molecule has 0 spiro atoms. The molecule has 0 saturated heterocycles. The van der Waals surface area contributed by atoms with Gasteiger partial charge in [0.25, 0.3) is 0 Å². The van der Waals surface area contributed by atoms with E-state index in [9.17, 15) is 0 Å². The second-order valence-electron chi connectivity index (χ2n) is 10.2. The number of ether oxygens (including phenoxy) is 1. The molecular weight excluding hydrogens is 488 g/mol. The third kappa shape index (κ3) is 3.31. The lowest BCUT2D eigenvalue weighted by Gasteiger charge is -2.12. The maximum Gasteiger partial charge on any atom is 0.127 e. The molecule has 8 rings (SSSR count). The predicted molar refractivity (Wildman–Crippen MR) is 168 cm³/mol. The summed E-state index contributed by atoms with van der Waals surface area (Å²) >= 11 is 0. The van der Waals surface area contributed by atoms with Crippen molar-refractivity contribution in [2.24, 2.45) is 0 Å². The van der Waals surface area contributed by atoms with Crippen LogP contribution < -0.4 is 4.74 Å². The fourth-order valence-corrected chi connectivity index (χ4v) is 6.24. The molecule has 40 heavy (non-hydrogen) atoms. The van der Waals surface area contributed by atoms with Crippen molar-refractivity contribution in [1.82, 2.24) is 9.13 Å². The molecule has 0 amide bonds. The zero-order valence-electron chi connectivity index (χ0n) is 21.9. The Hall–Kier alpha value is -5.28. The SMILES string of the molecule is C=C1/C=C(n2c3ccccc3c3ccc4c(c5ccccc5n4-c4ccccc4)c32)\C=C/COc2ccccc21. The molecule has 0 bridgehead atoms. The summed E-state index contributed by atoms with van der Waals surface area (Å²) in [6.07, 6.45) is 6.44. The molecule has 3 heteroatoms. The summed E-state index contributed by atoms with van der Waals surface area (Å²) in [4.78, 5) is 0. The van der Waals surface area contributed by atoms with Gasteiger partial charge in [-0.3, -0.25) is 0 Å². The standard InChI is InChI=1S/C37H26N2O/c1-25-24-27(14-11-23-40-35-20-10-7-15-28(25)35)39-32-18-8-5-16-29(32)30-21-22-34-36(37(30)39)31-17-6-9-19-33(31)38(34)26-12-3-2-4-13-26/h2-22,24H,1,23H2/b14-11-,27-24+. The van der Waals surface area contributed by atoms with E-state index in [0.717, 1.165) is 28.3 Å². The summed E-state index contributed by atoms with van der Waals surface area (Å²) in [5.74, 6) is 0.852. The van der Waals surface area contributed by atoms with Crippen molar-refractivity contribution in [2.45, 2.75) is 0 Å². The first kappa shape index (κ1) is 22.7. The Morgan fingerprint density at radius 2 is 1.30 bits per heavy atom. The van der Waals surface area contributed by atoms with E-state index in [0.29, 0.717) is 6.61 Å². The van der Waals surface area contributed by atoms with Crippen LogP contribution in [0.1, 0.15) is 5.56 Å². The van der Waals surface area contributed by atoms with Gasteiger partial charge < -0.3 is 13.9 Å². The zero-order valence-corrected chi connectivity index (χ0v) is 21.9. The van der Waals surface area contributed by atoms with Crippen molar-refractivity contribution in [3.63, 3.8) is 0 Å². The van der Waals surface area contributed by atoms with Crippen molar-refractivity contribution < 1.29 is 4.74 Å². The van der Waals surface area contributed by atoms with Gasteiger partial charge in [0.2, 0.25) is 0 Å². The lowest BCUT2D eigenvalue weighted by Crippen LogP contribution is -1.97. The van der Waals surface area contributed by atoms with Crippen molar-refractivity contribution in [2.75, 3.05) is 6.61 Å². The van der Waals surface area contributed by atoms with Crippen LogP contribution in [0.15, 0.2) is 140 Å². The Kier molecular flexibility index (Phi) is 5.04. The van der Waals surface area contributed by atoms with Crippen LogP contribution >= 0.6 is 0 Å². The molecule has 0 fully saturated rings. The molecule has 0 atom stereocenters. The number of aromatic nitrogens is 2. The van der Waals surface area contributed by atoms with Crippen LogP contribution in [0.3, 0.4) is 0 Å². The minimum Gasteiger partial charge on any atom is -0.489 e. The number of rotatable bonds is 2. The molecule has 0 N–H and O–H groups in total. The lowest BCUT2D eigenvalue weighted by atomic mass is 10.0. The van der Waals surface area contributed by atoms with Crippen molar-refractivity contribution >= 4 is 54.9 Å². The Morgan fingerprint density at radius 1 is 0.600 bits per heavy atom. The van der Waals surface area contributed by atoms with Gasteiger partial charge in [-0.05, 0) is 60.2 Å². The summed E-state index contributed by atoms with van der Waals surface area (Å²) in [5, 5.41) is 4.93. The van der Waals surface area contributed by atoms with Crippen LogP contribution in [-0.4, -0.2) is 15.7 Å². The van der Waals surface area contributed by atoms with Crippen LogP contribution in [0.4, 0.5) is 0 Å². The second-order valence-corrected chi connectivity index (χ2v) is 10.2. The number of fused-ring (bicyclic) bond motifs is 8. The molecule has 2 aromatic heterocycles. The zero-order chi connectivity index (χ0) is 26.6. The molecule has 0 aliphatic carbocycles. The topological polar surface area (TPSA) is 19.1 Å². The summed E-state index contributed by atoms with van der Waals surface area (Å²) in [7, 11) is 0. The fraction of sp³-hybridized carbons (Fsp3) is 0.0270. The van der Waals surface area contributed by atoms with Gasteiger partial charge >= 0.3 is 0 Å². The van der Waals surface area contributed by atoms with E-state index in [1.54, 1.807) is 0 Å². The minimum absolute atomic E-state index is 0.488. The van der Waals surface area contributed by atoms with Crippen LogP contribution in [0, 0.1) is 0 Å². The second kappa shape index (κ2) is 8.89. The number of hydrogen-bond acceptors (Lipinski definition) is 1. The first-order valence-corrected chi connectivity index (χ1v) is 13.6. The summed E-state index contributed by atoms with van der Waals surface area (Å²) < 4.78 is 10.9. The normalized spacial score (nSPS) is 15.8. The Morgan fingerprint density at radius 3 is 2.15 bits per heavy atom. The largest absolute Gasteiger partial charge is 0.489 e. The number of para-hydroxylation sites is 4. The Labute approximate surface area is 232 Å².